The van der Waals surface area contributed by atoms with Gasteiger partial charge in [0, 0.05) is 18.6 Å². The van der Waals surface area contributed by atoms with Gasteiger partial charge in [-0.1, -0.05) is 21.6 Å². The number of ether oxygens (including phenoxy) is 6. The topological polar surface area (TPSA) is 55.4 Å². The van der Waals surface area contributed by atoms with Gasteiger partial charge in [0.25, 0.3) is 13.0 Å². The molecular formula is C12H22O6S2. The van der Waals surface area contributed by atoms with E-state index >= 15 is 0 Å². The highest BCUT2D eigenvalue weighted by molar-refractivity contribution is 8.76. The molecule has 0 aliphatic carbocycles. The number of hydrogen-bond donors (Lipinski definition) is 0. The van der Waals surface area contributed by atoms with E-state index in [4.69, 9.17) is 28.4 Å². The molecule has 20 heavy (non-hydrogen) atoms. The Kier molecular flexibility index (Phi) is 7.40. The Balaban J connectivity index is 1.50. The van der Waals surface area contributed by atoms with Crippen molar-refractivity contribution in [2.24, 2.45) is 0 Å². The second-order valence-corrected chi connectivity index (χ2v) is 7.30. The van der Waals surface area contributed by atoms with E-state index in [-0.39, 0.29) is 18.3 Å². The smallest absolute Gasteiger partial charge is 0.272 e. The summed E-state index contributed by atoms with van der Waals surface area (Å²) in [6.45, 7) is 4.06. The number of rotatable bonds is 8. The summed E-state index contributed by atoms with van der Waals surface area (Å²) in [5, 5.41) is 0. The van der Waals surface area contributed by atoms with Crippen LogP contribution >= 0.6 is 21.6 Å². The molecule has 118 valence electrons. The average Bonchev–Trinajstić information content (AvgIpc) is 3.03. The fraction of sp³-hybridized carbons (Fsp3) is 1.00. The van der Waals surface area contributed by atoms with Crippen molar-refractivity contribution in [2.45, 2.75) is 45.1 Å². The second kappa shape index (κ2) is 8.79. The molecule has 0 aromatic rings. The molecule has 0 N–H and O–H groups in total. The molecule has 4 atom stereocenters. The van der Waals surface area contributed by atoms with Gasteiger partial charge in [-0.2, -0.15) is 0 Å². The van der Waals surface area contributed by atoms with Crippen LogP contribution in [0.25, 0.3) is 0 Å². The van der Waals surface area contributed by atoms with Crippen molar-refractivity contribution >= 4 is 21.6 Å². The number of hydrogen-bond acceptors (Lipinski definition) is 8. The van der Waals surface area contributed by atoms with Crippen LogP contribution in [0.15, 0.2) is 0 Å². The quantitative estimate of drug-likeness (QED) is 0.495. The van der Waals surface area contributed by atoms with Crippen molar-refractivity contribution in [1.29, 1.82) is 0 Å². The van der Waals surface area contributed by atoms with E-state index in [1.54, 1.807) is 28.7 Å². The van der Waals surface area contributed by atoms with E-state index in [0.717, 1.165) is 11.5 Å². The van der Waals surface area contributed by atoms with Crippen molar-refractivity contribution in [3.8, 4) is 0 Å². The van der Waals surface area contributed by atoms with Crippen LogP contribution in [0.4, 0.5) is 0 Å². The third-order valence-corrected chi connectivity index (χ3v) is 5.11. The first kappa shape index (κ1) is 16.8. The zero-order valence-corrected chi connectivity index (χ0v) is 13.6. The first-order valence-corrected chi connectivity index (χ1v) is 9.13. The monoisotopic (exact) mass is 326 g/mol. The molecule has 8 heteroatoms. The molecule has 0 saturated carbocycles. The molecule has 0 aromatic carbocycles. The van der Waals surface area contributed by atoms with Gasteiger partial charge in [-0.25, -0.2) is 0 Å². The van der Waals surface area contributed by atoms with E-state index in [9.17, 15) is 0 Å². The van der Waals surface area contributed by atoms with Crippen LogP contribution in [0.3, 0.4) is 0 Å². The highest BCUT2D eigenvalue weighted by atomic mass is 33.1. The van der Waals surface area contributed by atoms with Gasteiger partial charge >= 0.3 is 0 Å². The molecule has 0 radical (unpaired) electrons. The van der Waals surface area contributed by atoms with Crippen LogP contribution in [-0.4, -0.2) is 63.1 Å². The van der Waals surface area contributed by atoms with E-state index in [1.165, 1.54) is 0 Å². The van der Waals surface area contributed by atoms with Crippen molar-refractivity contribution < 1.29 is 28.4 Å². The minimum absolute atomic E-state index is 0.0868. The van der Waals surface area contributed by atoms with Crippen LogP contribution in [0.5, 0.6) is 0 Å². The summed E-state index contributed by atoms with van der Waals surface area (Å²) in [6, 6.07) is 0. The first-order chi connectivity index (χ1) is 9.67. The average molecular weight is 326 g/mol. The van der Waals surface area contributed by atoms with E-state index in [0.29, 0.717) is 13.2 Å². The Morgan fingerprint density at radius 2 is 1.55 bits per heavy atom. The summed E-state index contributed by atoms with van der Waals surface area (Å²) in [5.74, 6) is 1.73. The van der Waals surface area contributed by atoms with Gasteiger partial charge in [-0.3, -0.25) is 0 Å². The second-order valence-electron chi connectivity index (χ2n) is 4.75. The largest absolute Gasteiger partial charge is 0.333 e. The summed E-state index contributed by atoms with van der Waals surface area (Å²) < 4.78 is 32.2. The molecule has 0 bridgehead atoms. The van der Waals surface area contributed by atoms with E-state index in [2.05, 4.69) is 0 Å². The van der Waals surface area contributed by atoms with Crippen molar-refractivity contribution in [1.82, 2.24) is 0 Å². The van der Waals surface area contributed by atoms with Crippen LogP contribution in [0.2, 0.25) is 0 Å². The molecule has 4 unspecified atom stereocenters. The van der Waals surface area contributed by atoms with E-state index in [1.807, 2.05) is 13.8 Å². The molecule has 2 aliphatic rings. The molecule has 6 nitrogen and oxygen atoms in total. The molecule has 0 aromatic heterocycles. The van der Waals surface area contributed by atoms with Crippen molar-refractivity contribution in [2.75, 3.05) is 31.8 Å². The summed E-state index contributed by atoms with van der Waals surface area (Å²) in [4.78, 5) is 0. The van der Waals surface area contributed by atoms with Gasteiger partial charge < -0.3 is 28.4 Å². The molecule has 0 spiro atoms. The van der Waals surface area contributed by atoms with Crippen molar-refractivity contribution in [3.05, 3.63) is 0 Å². The van der Waals surface area contributed by atoms with Gasteiger partial charge in [0.15, 0.2) is 0 Å². The summed E-state index contributed by atoms with van der Waals surface area (Å²) in [6.07, 6.45) is 0.285. The summed E-state index contributed by atoms with van der Waals surface area (Å²) >= 11 is 0. The Labute approximate surface area is 127 Å². The lowest BCUT2D eigenvalue weighted by molar-refractivity contribution is -0.251. The van der Waals surface area contributed by atoms with Gasteiger partial charge in [-0.05, 0) is 13.8 Å². The standard InChI is InChI=1S/C12H22O6S2/c1-8(2)16-12-15-5-10(18-12)7-20-19-6-9-4-14-11(13-3)17-9/h8-12H,4-7H2,1-3H3. The van der Waals surface area contributed by atoms with Crippen molar-refractivity contribution in [3.63, 3.8) is 0 Å². The third kappa shape index (κ3) is 5.69. The minimum atomic E-state index is -0.514. The lowest BCUT2D eigenvalue weighted by Crippen LogP contribution is -2.20. The molecule has 2 heterocycles. The van der Waals surface area contributed by atoms with Crippen LogP contribution < -0.4 is 0 Å². The molecule has 2 fully saturated rings. The fourth-order valence-electron chi connectivity index (χ4n) is 1.68. The normalized spacial score (nSPS) is 34.2. The zero-order chi connectivity index (χ0) is 14.4. The van der Waals surface area contributed by atoms with Gasteiger partial charge in [-0.15, -0.1) is 0 Å². The SMILES string of the molecule is COC1OCC(CSSCC2COC(OC(C)C)O2)O1. The Morgan fingerprint density at radius 3 is 2.05 bits per heavy atom. The molecule has 2 rings (SSSR count). The fourth-order valence-corrected chi connectivity index (χ4v) is 4.02. The Morgan fingerprint density at radius 1 is 1.00 bits per heavy atom. The predicted octanol–water partition coefficient (Wildman–Crippen LogP) is 1.84. The molecule has 2 aliphatic heterocycles. The first-order valence-electron chi connectivity index (χ1n) is 6.64. The predicted molar refractivity (Wildman–Crippen MR) is 77.4 cm³/mol. The van der Waals surface area contributed by atoms with Gasteiger partial charge in [0.2, 0.25) is 0 Å². The Hall–Kier alpha value is 0.460. The maximum Gasteiger partial charge on any atom is 0.272 e. The lowest BCUT2D eigenvalue weighted by Gasteiger charge is -2.14. The molecule has 0 amide bonds. The Bertz CT molecular complexity index is 281. The summed E-state index contributed by atoms with van der Waals surface area (Å²) in [7, 11) is 5.06. The minimum Gasteiger partial charge on any atom is -0.333 e. The van der Waals surface area contributed by atoms with E-state index < -0.39 is 13.0 Å². The van der Waals surface area contributed by atoms with Gasteiger partial charge in [0.1, 0.15) is 0 Å². The third-order valence-electron chi connectivity index (χ3n) is 2.61. The highest BCUT2D eigenvalue weighted by Crippen LogP contribution is 2.28. The summed E-state index contributed by atoms with van der Waals surface area (Å²) in [5.41, 5.74) is 0. The lowest BCUT2D eigenvalue weighted by atomic mass is 10.4. The zero-order valence-electron chi connectivity index (χ0n) is 12.0. The van der Waals surface area contributed by atoms with Crippen LogP contribution in [-0.2, 0) is 28.4 Å². The molecule has 2 saturated heterocycles. The maximum atomic E-state index is 5.62. The van der Waals surface area contributed by atoms with Crippen LogP contribution in [0.1, 0.15) is 13.8 Å². The van der Waals surface area contributed by atoms with Gasteiger partial charge in [0.05, 0.1) is 31.5 Å². The number of methoxy groups -OCH3 is 1. The maximum absolute atomic E-state index is 5.62. The highest BCUT2D eigenvalue weighted by Gasteiger charge is 2.28. The van der Waals surface area contributed by atoms with Crippen LogP contribution in [0, 0.1) is 0 Å². The molecular weight excluding hydrogens is 304 g/mol.